The van der Waals surface area contributed by atoms with E-state index in [9.17, 15) is 0 Å². The molecular formula is C52H61N. The standard InChI is InChI=1S/C24H27N.2C13H14.C2H6/c1-17(2)18-12-14-21(15-13-18)25(3)24-22-10-6-4-8-19(22)16-20-9-5-7-11-23(20)24;1-10-6-3-4-8-12-11(2)7-5-9-13(10)12;1-11-6-5-9-13(10-11)12-7-3-2-4-8-12;1-2/h4,6-8,10-14,16-17,21H,5,9,15H2,1-3H3;3-10H,1-2H3;3,5-10H,2,4H2,1H3;1-2H3. The van der Waals surface area contributed by atoms with Crippen LogP contribution in [0.1, 0.15) is 105 Å². The highest BCUT2D eigenvalue weighted by molar-refractivity contribution is 6.00. The van der Waals surface area contributed by atoms with Crippen molar-refractivity contribution in [2.45, 2.75) is 92.5 Å². The first-order valence-corrected chi connectivity index (χ1v) is 20.0. The van der Waals surface area contributed by atoms with Crippen molar-refractivity contribution in [2.24, 2.45) is 5.92 Å². The van der Waals surface area contributed by atoms with Crippen LogP contribution in [0, 0.1) is 19.8 Å². The second-order valence-electron chi connectivity index (χ2n) is 14.7. The number of likely N-dealkylation sites (N-methyl/N-ethyl adjacent to an activating group) is 1. The number of rotatable bonds is 4. The van der Waals surface area contributed by atoms with Crippen molar-refractivity contribution in [3.05, 3.63) is 178 Å². The number of allylic oxidation sites excluding steroid dienone is 10. The Morgan fingerprint density at radius 3 is 2.25 bits per heavy atom. The van der Waals surface area contributed by atoms with E-state index in [1.165, 1.54) is 79.4 Å². The molecule has 4 aromatic rings. The summed E-state index contributed by atoms with van der Waals surface area (Å²) in [4.78, 5) is 2.49. The van der Waals surface area contributed by atoms with Gasteiger partial charge in [-0.3, -0.25) is 0 Å². The molecule has 0 aromatic heterocycles. The van der Waals surface area contributed by atoms with E-state index in [-0.39, 0.29) is 0 Å². The molecule has 8 rings (SSSR count). The summed E-state index contributed by atoms with van der Waals surface area (Å²) in [5, 5.41) is 2.72. The lowest BCUT2D eigenvalue weighted by atomic mass is 9.89. The molecule has 1 heteroatoms. The average molecular weight is 700 g/mol. The summed E-state index contributed by atoms with van der Waals surface area (Å²) in [5.41, 5.74) is 14.0. The van der Waals surface area contributed by atoms with Gasteiger partial charge in [-0.05, 0) is 102 Å². The number of benzene rings is 4. The Balaban J connectivity index is 0.000000163. The minimum atomic E-state index is 0.424. The number of anilines is 1. The Kier molecular flexibility index (Phi) is 14.3. The smallest absolute Gasteiger partial charge is 0.0524 e. The van der Waals surface area contributed by atoms with Gasteiger partial charge in [0.05, 0.1) is 11.7 Å². The summed E-state index contributed by atoms with van der Waals surface area (Å²) in [6, 6.07) is 26.8. The van der Waals surface area contributed by atoms with Gasteiger partial charge in [-0.25, -0.2) is 0 Å². The molecule has 0 aliphatic heterocycles. The van der Waals surface area contributed by atoms with E-state index in [4.69, 9.17) is 0 Å². The molecule has 4 aliphatic rings. The number of hydrogen-bond donors (Lipinski definition) is 0. The third-order valence-electron chi connectivity index (χ3n) is 10.6. The highest BCUT2D eigenvalue weighted by atomic mass is 15.1. The molecule has 0 amide bonds. The van der Waals surface area contributed by atoms with Crippen LogP contribution in [0.25, 0.3) is 28.5 Å². The van der Waals surface area contributed by atoms with Crippen LogP contribution in [0.15, 0.2) is 139 Å². The quantitative estimate of drug-likeness (QED) is 0.205. The normalized spacial score (nSPS) is 17.8. The minimum Gasteiger partial charge on any atom is -0.367 e. The summed E-state index contributed by atoms with van der Waals surface area (Å²) < 4.78 is 0. The summed E-state index contributed by atoms with van der Waals surface area (Å²) in [7, 11) is 2.26. The molecule has 0 radical (unpaired) electrons. The van der Waals surface area contributed by atoms with Gasteiger partial charge in [0.1, 0.15) is 0 Å². The zero-order valence-corrected chi connectivity index (χ0v) is 33.6. The predicted octanol–water partition coefficient (Wildman–Crippen LogP) is 14.6. The average Bonchev–Trinajstić information content (AvgIpc) is 3.40. The molecule has 0 saturated carbocycles. The molecule has 274 valence electrons. The van der Waals surface area contributed by atoms with Crippen LogP contribution < -0.4 is 4.90 Å². The highest BCUT2D eigenvalue weighted by Crippen LogP contribution is 2.38. The lowest BCUT2D eigenvalue weighted by molar-refractivity contribution is 0.715. The molecule has 0 heterocycles. The molecular weight excluding hydrogens is 639 g/mol. The van der Waals surface area contributed by atoms with Crippen molar-refractivity contribution in [2.75, 3.05) is 11.9 Å². The highest BCUT2D eigenvalue weighted by Gasteiger charge is 2.22. The molecule has 0 saturated heterocycles. The van der Waals surface area contributed by atoms with Crippen molar-refractivity contribution < 1.29 is 0 Å². The van der Waals surface area contributed by atoms with Crippen molar-refractivity contribution >= 4 is 34.2 Å². The van der Waals surface area contributed by atoms with Crippen molar-refractivity contribution in [3.8, 4) is 0 Å². The maximum atomic E-state index is 2.49. The maximum Gasteiger partial charge on any atom is 0.0524 e. The van der Waals surface area contributed by atoms with Crippen LogP contribution in [-0.2, 0) is 6.42 Å². The lowest BCUT2D eigenvalue weighted by Crippen LogP contribution is -2.31. The first kappa shape index (κ1) is 39.3. The Bertz CT molecular complexity index is 2060. The van der Waals surface area contributed by atoms with Gasteiger partial charge in [-0.2, -0.15) is 0 Å². The van der Waals surface area contributed by atoms with E-state index in [0.29, 0.717) is 17.9 Å². The van der Waals surface area contributed by atoms with Crippen LogP contribution in [0.5, 0.6) is 0 Å². The monoisotopic (exact) mass is 699 g/mol. The fraction of sp³-hybridized carbons (Fsp3) is 0.308. The molecule has 1 nitrogen and oxygen atoms in total. The van der Waals surface area contributed by atoms with E-state index in [0.717, 1.165) is 19.3 Å². The van der Waals surface area contributed by atoms with Gasteiger partial charge in [0.25, 0.3) is 0 Å². The molecule has 2 atom stereocenters. The zero-order valence-electron chi connectivity index (χ0n) is 33.6. The molecule has 0 N–H and O–H groups in total. The molecule has 2 unspecified atom stereocenters. The van der Waals surface area contributed by atoms with Crippen molar-refractivity contribution in [1.29, 1.82) is 0 Å². The second-order valence-corrected chi connectivity index (χ2v) is 14.7. The van der Waals surface area contributed by atoms with Crippen LogP contribution in [0.2, 0.25) is 0 Å². The van der Waals surface area contributed by atoms with Gasteiger partial charge in [-0.15, -0.1) is 0 Å². The fourth-order valence-electron chi connectivity index (χ4n) is 7.59. The Hall–Kier alpha value is -4.88. The van der Waals surface area contributed by atoms with Crippen molar-refractivity contribution in [3.63, 3.8) is 0 Å². The minimum absolute atomic E-state index is 0.424. The Labute approximate surface area is 321 Å². The molecule has 4 aromatic carbocycles. The third kappa shape index (κ3) is 9.96. The predicted molar refractivity (Wildman–Crippen MR) is 237 cm³/mol. The largest absolute Gasteiger partial charge is 0.367 e. The van der Waals surface area contributed by atoms with Gasteiger partial charge < -0.3 is 4.90 Å². The first-order chi connectivity index (χ1) is 25.8. The molecule has 0 spiro atoms. The Morgan fingerprint density at radius 1 is 0.717 bits per heavy atom. The van der Waals surface area contributed by atoms with Gasteiger partial charge in [0.2, 0.25) is 0 Å². The summed E-state index contributed by atoms with van der Waals surface area (Å²) in [5.74, 6) is 1.14. The van der Waals surface area contributed by atoms with E-state index >= 15 is 0 Å². The summed E-state index contributed by atoms with van der Waals surface area (Å²) in [6.07, 6.45) is 33.0. The van der Waals surface area contributed by atoms with Gasteiger partial charge in [0.15, 0.2) is 0 Å². The molecule has 4 aliphatic carbocycles. The third-order valence-corrected chi connectivity index (χ3v) is 10.6. The summed E-state index contributed by atoms with van der Waals surface area (Å²) in [6.45, 7) is 15.1. The fourth-order valence-corrected chi connectivity index (χ4v) is 7.59. The first-order valence-electron chi connectivity index (χ1n) is 20.0. The van der Waals surface area contributed by atoms with Gasteiger partial charge in [0, 0.05) is 18.0 Å². The Morgan fingerprint density at radius 2 is 1.51 bits per heavy atom. The van der Waals surface area contributed by atoms with E-state index in [2.05, 4.69) is 192 Å². The van der Waals surface area contributed by atoms with Gasteiger partial charge in [-0.1, -0.05) is 186 Å². The summed E-state index contributed by atoms with van der Waals surface area (Å²) >= 11 is 0. The van der Waals surface area contributed by atoms with Crippen LogP contribution in [-0.4, -0.2) is 13.1 Å². The molecule has 0 bridgehead atoms. The maximum absolute atomic E-state index is 2.49. The number of fused-ring (bicyclic) bond motifs is 3. The SMILES string of the molecule is CC.CC(C)C1=CCC(N(C)c2c3c(cc4ccccc24)CCC=C3)C=C1.Cc1cccc(C2=CCCC=C2)c1.Cc1cccc2c1C=CC=CC2C. The number of hydrogen-bond acceptors (Lipinski definition) is 1. The second kappa shape index (κ2) is 19.3. The molecule has 53 heavy (non-hydrogen) atoms. The van der Waals surface area contributed by atoms with Gasteiger partial charge >= 0.3 is 0 Å². The van der Waals surface area contributed by atoms with Crippen LogP contribution in [0.4, 0.5) is 5.69 Å². The lowest BCUT2D eigenvalue weighted by Gasteiger charge is -2.33. The van der Waals surface area contributed by atoms with E-state index in [1.54, 1.807) is 0 Å². The van der Waals surface area contributed by atoms with E-state index in [1.807, 2.05) is 13.8 Å². The number of nitrogens with zero attached hydrogens (tertiary/aromatic N) is 1. The van der Waals surface area contributed by atoms with E-state index < -0.39 is 0 Å². The topological polar surface area (TPSA) is 3.24 Å². The molecule has 0 fully saturated rings. The van der Waals surface area contributed by atoms with Crippen LogP contribution in [0.3, 0.4) is 0 Å². The number of aryl methyl sites for hydroxylation is 3. The van der Waals surface area contributed by atoms with Crippen LogP contribution >= 0.6 is 0 Å². The van der Waals surface area contributed by atoms with Crippen molar-refractivity contribution in [1.82, 2.24) is 0 Å². The zero-order chi connectivity index (χ0) is 37.7.